The van der Waals surface area contributed by atoms with Crippen LogP contribution in [0.2, 0.25) is 0 Å². The van der Waals surface area contributed by atoms with E-state index >= 15 is 0 Å². The van der Waals surface area contributed by atoms with Crippen molar-refractivity contribution in [3.8, 4) is 11.3 Å². The van der Waals surface area contributed by atoms with Crippen molar-refractivity contribution in [1.82, 2.24) is 15.2 Å². The second kappa shape index (κ2) is 8.67. The molecule has 2 heterocycles. The van der Waals surface area contributed by atoms with Crippen LogP contribution in [0.1, 0.15) is 39.1 Å². The number of carbonyl (C=O) groups excluding carboxylic acids is 1. The first-order chi connectivity index (χ1) is 13.7. The van der Waals surface area contributed by atoms with Crippen molar-refractivity contribution in [3.05, 3.63) is 76.1 Å². The fourth-order valence-corrected chi connectivity index (χ4v) is 4.69. The molecule has 0 aliphatic carbocycles. The van der Waals surface area contributed by atoms with Crippen LogP contribution in [0.25, 0.3) is 11.3 Å². The van der Waals surface area contributed by atoms with Crippen LogP contribution in [0.3, 0.4) is 0 Å². The zero-order chi connectivity index (χ0) is 19.3. The van der Waals surface area contributed by atoms with Gasteiger partial charge in [0.05, 0.1) is 16.7 Å². The summed E-state index contributed by atoms with van der Waals surface area (Å²) in [7, 11) is 0. The largest absolute Gasteiger partial charge is 0.349 e. The maximum Gasteiger partial charge on any atom is 0.263 e. The topological polar surface area (TPSA) is 45.2 Å². The lowest BCUT2D eigenvalue weighted by Gasteiger charge is -2.28. The molecular formula is C23H25N3OS. The Hall–Kier alpha value is -2.50. The highest BCUT2D eigenvalue weighted by Gasteiger charge is 2.25. The first-order valence-electron chi connectivity index (χ1n) is 9.82. The molecule has 2 aromatic carbocycles. The van der Waals surface area contributed by atoms with Crippen molar-refractivity contribution in [2.45, 2.75) is 25.8 Å². The molecule has 1 aromatic heterocycles. The zero-order valence-corrected chi connectivity index (χ0v) is 16.9. The summed E-state index contributed by atoms with van der Waals surface area (Å²) in [6.45, 7) is 4.73. The van der Waals surface area contributed by atoms with Gasteiger partial charge in [0, 0.05) is 12.1 Å². The molecule has 4 rings (SSSR count). The second-order valence-electron chi connectivity index (χ2n) is 7.16. The molecule has 144 valence electrons. The van der Waals surface area contributed by atoms with Crippen LogP contribution in [0.15, 0.2) is 60.7 Å². The Kier molecular flexibility index (Phi) is 5.84. The van der Waals surface area contributed by atoms with Crippen LogP contribution in [-0.2, 0) is 0 Å². The lowest BCUT2D eigenvalue weighted by Crippen LogP contribution is -2.36. The molecule has 0 saturated carbocycles. The van der Waals surface area contributed by atoms with Gasteiger partial charge in [-0.25, -0.2) is 4.98 Å². The summed E-state index contributed by atoms with van der Waals surface area (Å²) in [5.74, 6) is -0.0374. The molecule has 3 aromatic rings. The number of hydrogen-bond acceptors (Lipinski definition) is 4. The molecule has 0 radical (unpaired) electrons. The van der Waals surface area contributed by atoms with Crippen LogP contribution >= 0.6 is 11.3 Å². The molecule has 1 saturated heterocycles. The third-order valence-electron chi connectivity index (χ3n) is 5.21. The minimum atomic E-state index is -0.0374. The lowest BCUT2D eigenvalue weighted by atomic mass is 10.1. The molecule has 4 nitrogen and oxygen atoms in total. The Morgan fingerprint density at radius 2 is 1.71 bits per heavy atom. The molecule has 28 heavy (non-hydrogen) atoms. The molecule has 1 aliphatic heterocycles. The van der Waals surface area contributed by atoms with Crippen LogP contribution < -0.4 is 5.32 Å². The van der Waals surface area contributed by atoms with Crippen LogP contribution in [0.5, 0.6) is 0 Å². The summed E-state index contributed by atoms with van der Waals surface area (Å²) in [5.41, 5.74) is 3.02. The Bertz CT molecular complexity index is 918. The predicted octanol–water partition coefficient (Wildman–Crippen LogP) is 4.69. The SMILES string of the molecule is Cc1nc(-c2ccccc2)c(C(=O)NCC(c2ccccc2)N2CCCC2)s1. The Morgan fingerprint density at radius 3 is 2.39 bits per heavy atom. The number of nitrogens with zero attached hydrogens (tertiary/aromatic N) is 2. The molecule has 1 N–H and O–H groups in total. The third kappa shape index (κ3) is 4.16. The summed E-state index contributed by atoms with van der Waals surface area (Å²) >= 11 is 1.46. The van der Waals surface area contributed by atoms with Crippen LogP contribution in [-0.4, -0.2) is 35.4 Å². The lowest BCUT2D eigenvalue weighted by molar-refractivity contribution is 0.0942. The van der Waals surface area contributed by atoms with E-state index < -0.39 is 0 Å². The summed E-state index contributed by atoms with van der Waals surface area (Å²) < 4.78 is 0. The molecule has 0 bridgehead atoms. The summed E-state index contributed by atoms with van der Waals surface area (Å²) in [6, 6.07) is 20.6. The highest BCUT2D eigenvalue weighted by atomic mass is 32.1. The number of aryl methyl sites for hydroxylation is 1. The van der Waals surface area contributed by atoms with Gasteiger partial charge in [0.25, 0.3) is 5.91 Å². The number of benzene rings is 2. The van der Waals surface area contributed by atoms with Gasteiger partial charge in [0.2, 0.25) is 0 Å². The van der Waals surface area contributed by atoms with Crippen molar-refractivity contribution in [2.24, 2.45) is 0 Å². The zero-order valence-electron chi connectivity index (χ0n) is 16.1. The van der Waals surface area contributed by atoms with E-state index in [1.807, 2.05) is 43.3 Å². The third-order valence-corrected chi connectivity index (χ3v) is 6.18. The van der Waals surface area contributed by atoms with Crippen LogP contribution in [0.4, 0.5) is 0 Å². The highest BCUT2D eigenvalue weighted by Crippen LogP contribution is 2.29. The van der Waals surface area contributed by atoms with E-state index in [1.165, 1.54) is 29.7 Å². The van der Waals surface area contributed by atoms with Gasteiger partial charge in [-0.3, -0.25) is 9.69 Å². The van der Waals surface area contributed by atoms with E-state index in [9.17, 15) is 4.79 Å². The summed E-state index contributed by atoms with van der Waals surface area (Å²) in [6.07, 6.45) is 2.45. The standard InChI is InChI=1S/C23H25N3OS/c1-17-25-21(19-12-6-3-7-13-19)22(28-17)23(27)24-16-20(26-14-8-9-15-26)18-10-4-2-5-11-18/h2-7,10-13,20H,8-9,14-16H2,1H3,(H,24,27). The summed E-state index contributed by atoms with van der Waals surface area (Å²) in [5, 5.41) is 4.09. The number of amides is 1. The molecule has 5 heteroatoms. The Labute approximate surface area is 170 Å². The van der Waals surface area contributed by atoms with Crippen LogP contribution in [0, 0.1) is 6.92 Å². The molecular weight excluding hydrogens is 366 g/mol. The average molecular weight is 392 g/mol. The maximum absolute atomic E-state index is 13.0. The first kappa shape index (κ1) is 18.8. The minimum Gasteiger partial charge on any atom is -0.349 e. The van der Waals surface area contributed by atoms with Gasteiger partial charge in [-0.15, -0.1) is 11.3 Å². The van der Waals surface area contributed by atoms with E-state index in [2.05, 4.69) is 39.5 Å². The van der Waals surface area contributed by atoms with Crippen molar-refractivity contribution in [1.29, 1.82) is 0 Å². The van der Waals surface area contributed by atoms with Gasteiger partial charge in [-0.05, 0) is 38.4 Å². The second-order valence-corrected chi connectivity index (χ2v) is 8.36. The number of carbonyl (C=O) groups is 1. The molecule has 1 amide bonds. The molecule has 1 unspecified atom stereocenters. The van der Waals surface area contributed by atoms with E-state index in [-0.39, 0.29) is 11.9 Å². The molecule has 0 spiro atoms. The van der Waals surface area contributed by atoms with Gasteiger partial charge in [-0.2, -0.15) is 0 Å². The van der Waals surface area contributed by atoms with Crippen molar-refractivity contribution in [3.63, 3.8) is 0 Å². The molecule has 1 aliphatic rings. The molecule has 1 fully saturated rings. The number of nitrogens with one attached hydrogen (secondary N) is 1. The monoisotopic (exact) mass is 391 g/mol. The number of rotatable bonds is 6. The Balaban J connectivity index is 1.53. The van der Waals surface area contributed by atoms with Crippen molar-refractivity contribution < 1.29 is 4.79 Å². The van der Waals surface area contributed by atoms with Gasteiger partial charge in [0.1, 0.15) is 4.88 Å². The minimum absolute atomic E-state index is 0.0374. The first-order valence-corrected chi connectivity index (χ1v) is 10.6. The van der Waals surface area contributed by atoms with E-state index in [0.717, 1.165) is 29.4 Å². The Morgan fingerprint density at radius 1 is 1.07 bits per heavy atom. The number of thiazole rings is 1. The smallest absolute Gasteiger partial charge is 0.263 e. The quantitative estimate of drug-likeness (QED) is 0.663. The van der Waals surface area contributed by atoms with Gasteiger partial charge < -0.3 is 5.32 Å². The fourth-order valence-electron chi connectivity index (χ4n) is 3.83. The maximum atomic E-state index is 13.0. The summed E-state index contributed by atoms with van der Waals surface area (Å²) in [4.78, 5) is 20.8. The number of hydrogen-bond donors (Lipinski definition) is 1. The van der Waals surface area contributed by atoms with Crippen molar-refractivity contribution in [2.75, 3.05) is 19.6 Å². The van der Waals surface area contributed by atoms with Crippen molar-refractivity contribution >= 4 is 17.2 Å². The number of aromatic nitrogens is 1. The van der Waals surface area contributed by atoms with Gasteiger partial charge >= 0.3 is 0 Å². The molecule has 1 atom stereocenters. The predicted molar refractivity (Wildman–Crippen MR) is 115 cm³/mol. The highest BCUT2D eigenvalue weighted by molar-refractivity contribution is 7.14. The fraction of sp³-hybridized carbons (Fsp3) is 0.304. The van der Waals surface area contributed by atoms with Gasteiger partial charge in [0.15, 0.2) is 0 Å². The average Bonchev–Trinajstić information content (AvgIpc) is 3.39. The normalized spacial score (nSPS) is 15.5. The van der Waals surface area contributed by atoms with Gasteiger partial charge in [-0.1, -0.05) is 60.7 Å². The van der Waals surface area contributed by atoms with E-state index in [4.69, 9.17) is 0 Å². The van der Waals surface area contributed by atoms with E-state index in [0.29, 0.717) is 11.4 Å². The van der Waals surface area contributed by atoms with E-state index in [1.54, 1.807) is 0 Å². The number of likely N-dealkylation sites (tertiary alicyclic amines) is 1.